The average molecular weight is 297 g/mol. The first-order valence-corrected chi connectivity index (χ1v) is 8.30. The second-order valence-corrected chi connectivity index (χ2v) is 7.61. The third kappa shape index (κ3) is 3.02. The summed E-state index contributed by atoms with van der Waals surface area (Å²) in [5.74, 6) is -0.0385. The minimum atomic E-state index is -3.19. The molecule has 0 bridgehead atoms. The number of sulfone groups is 1. The lowest BCUT2D eigenvalue weighted by molar-refractivity contribution is -0.158. The highest BCUT2D eigenvalue weighted by molar-refractivity contribution is 7.90. The van der Waals surface area contributed by atoms with E-state index in [4.69, 9.17) is 4.74 Å². The highest BCUT2D eigenvalue weighted by Crippen LogP contribution is 2.28. The van der Waals surface area contributed by atoms with Crippen LogP contribution in [-0.2, 0) is 19.4 Å². The topological polar surface area (TPSA) is 72.5 Å². The number of benzene rings is 1. The van der Waals surface area contributed by atoms with E-state index in [-0.39, 0.29) is 16.8 Å². The maximum Gasteiger partial charge on any atom is 0.231 e. The molecule has 1 atom stereocenters. The van der Waals surface area contributed by atoms with Gasteiger partial charge in [0, 0.05) is 6.26 Å². The first-order valence-electron chi connectivity index (χ1n) is 6.41. The maximum absolute atomic E-state index is 12.1. The molecule has 0 aromatic heterocycles. The third-order valence-electron chi connectivity index (χ3n) is 3.55. The third-order valence-corrected chi connectivity index (χ3v) is 4.67. The van der Waals surface area contributed by atoms with Crippen LogP contribution in [0.3, 0.4) is 0 Å². The predicted molar refractivity (Wildman–Crippen MR) is 75.0 cm³/mol. The summed E-state index contributed by atoms with van der Waals surface area (Å²) in [7, 11) is -3.19. The van der Waals surface area contributed by atoms with Gasteiger partial charge in [0.2, 0.25) is 5.91 Å². The number of hydrogen-bond acceptors (Lipinski definition) is 4. The Labute approximate surface area is 119 Å². The molecule has 0 radical (unpaired) electrons. The van der Waals surface area contributed by atoms with Gasteiger partial charge in [-0.25, -0.2) is 8.42 Å². The zero-order valence-corrected chi connectivity index (χ0v) is 12.7. The molecular weight excluding hydrogens is 278 g/mol. The van der Waals surface area contributed by atoms with Crippen molar-refractivity contribution in [1.82, 2.24) is 5.32 Å². The summed E-state index contributed by atoms with van der Waals surface area (Å²) in [6.45, 7) is 4.62. The smallest absolute Gasteiger partial charge is 0.231 e. The van der Waals surface area contributed by atoms with E-state index in [1.807, 2.05) is 13.8 Å². The Hall–Kier alpha value is -1.40. The van der Waals surface area contributed by atoms with Gasteiger partial charge in [-0.1, -0.05) is 12.1 Å². The van der Waals surface area contributed by atoms with Gasteiger partial charge in [-0.05, 0) is 31.5 Å². The van der Waals surface area contributed by atoms with E-state index in [0.29, 0.717) is 13.2 Å². The molecule has 1 aromatic carbocycles. The molecule has 6 heteroatoms. The molecule has 1 fully saturated rings. The average Bonchev–Trinajstić information content (AvgIpc) is 2.34. The molecule has 1 heterocycles. The summed E-state index contributed by atoms with van der Waals surface area (Å²) < 4.78 is 27.8. The Kier molecular flexibility index (Phi) is 3.88. The van der Waals surface area contributed by atoms with E-state index in [1.54, 1.807) is 24.3 Å². The monoisotopic (exact) mass is 297 g/mol. The summed E-state index contributed by atoms with van der Waals surface area (Å²) in [6, 6.07) is 6.39. The molecule has 5 nitrogen and oxygen atoms in total. The Morgan fingerprint density at radius 2 is 1.85 bits per heavy atom. The summed E-state index contributed by atoms with van der Waals surface area (Å²) >= 11 is 0. The molecule has 20 heavy (non-hydrogen) atoms. The van der Waals surface area contributed by atoms with Crippen molar-refractivity contribution in [1.29, 1.82) is 0 Å². The fourth-order valence-corrected chi connectivity index (χ4v) is 2.63. The number of hydrogen-bond donors (Lipinski definition) is 1. The van der Waals surface area contributed by atoms with Crippen LogP contribution in [-0.4, -0.2) is 33.8 Å². The quantitative estimate of drug-likeness (QED) is 0.909. The molecule has 0 spiro atoms. The van der Waals surface area contributed by atoms with E-state index in [1.165, 1.54) is 6.26 Å². The molecule has 2 rings (SSSR count). The number of ether oxygens (including phenoxy) is 1. The van der Waals surface area contributed by atoms with Crippen LogP contribution in [0.15, 0.2) is 29.2 Å². The standard InChI is InChI=1S/C14H19NO4S/c1-10(15-13(16)14(2)8-19-9-14)11-4-6-12(7-5-11)20(3,17)18/h4-7,10H,8-9H2,1-3H3,(H,15,16)/t10-/m0/s1. The molecule has 1 aromatic rings. The first kappa shape index (κ1) is 15.0. The van der Waals surface area contributed by atoms with Crippen LogP contribution < -0.4 is 5.32 Å². The summed E-state index contributed by atoms with van der Waals surface area (Å²) in [6.07, 6.45) is 1.17. The minimum Gasteiger partial charge on any atom is -0.379 e. The van der Waals surface area contributed by atoms with Crippen molar-refractivity contribution in [2.45, 2.75) is 24.8 Å². The molecular formula is C14H19NO4S. The van der Waals surface area contributed by atoms with Crippen molar-refractivity contribution in [3.05, 3.63) is 29.8 Å². The van der Waals surface area contributed by atoms with Crippen molar-refractivity contribution < 1.29 is 17.9 Å². The Morgan fingerprint density at radius 3 is 2.25 bits per heavy atom. The summed E-state index contributed by atoms with van der Waals surface area (Å²) in [5.41, 5.74) is 0.426. The van der Waals surface area contributed by atoms with E-state index in [0.717, 1.165) is 5.56 Å². The van der Waals surface area contributed by atoms with Crippen LogP contribution in [0.4, 0.5) is 0 Å². The van der Waals surface area contributed by atoms with Crippen molar-refractivity contribution in [3.8, 4) is 0 Å². The first-order chi connectivity index (χ1) is 9.22. The maximum atomic E-state index is 12.1. The fraction of sp³-hybridized carbons (Fsp3) is 0.500. The van der Waals surface area contributed by atoms with Gasteiger partial charge in [-0.3, -0.25) is 4.79 Å². The van der Waals surface area contributed by atoms with E-state index in [2.05, 4.69) is 5.32 Å². The Morgan fingerprint density at radius 1 is 1.30 bits per heavy atom. The van der Waals surface area contributed by atoms with Gasteiger partial charge >= 0.3 is 0 Å². The minimum absolute atomic E-state index is 0.0385. The lowest BCUT2D eigenvalue weighted by Gasteiger charge is -2.37. The second kappa shape index (κ2) is 5.18. The van der Waals surface area contributed by atoms with Crippen LogP contribution in [0.2, 0.25) is 0 Å². The van der Waals surface area contributed by atoms with Gasteiger partial charge in [0.15, 0.2) is 9.84 Å². The number of carbonyl (C=O) groups is 1. The van der Waals surface area contributed by atoms with Gasteiger partial charge in [0.1, 0.15) is 0 Å². The zero-order valence-electron chi connectivity index (χ0n) is 11.8. The Balaban J connectivity index is 2.06. The molecule has 110 valence electrons. The number of nitrogens with one attached hydrogen (secondary N) is 1. The highest BCUT2D eigenvalue weighted by atomic mass is 32.2. The fourth-order valence-electron chi connectivity index (χ4n) is 2.00. The van der Waals surface area contributed by atoms with Gasteiger partial charge in [0.05, 0.1) is 29.6 Å². The highest BCUT2D eigenvalue weighted by Gasteiger charge is 2.41. The van der Waals surface area contributed by atoms with Crippen LogP contribution in [0.1, 0.15) is 25.5 Å². The van der Waals surface area contributed by atoms with E-state index >= 15 is 0 Å². The van der Waals surface area contributed by atoms with Gasteiger partial charge in [-0.15, -0.1) is 0 Å². The van der Waals surface area contributed by atoms with Crippen LogP contribution in [0.25, 0.3) is 0 Å². The predicted octanol–water partition coefficient (Wildman–Crippen LogP) is 1.30. The Bertz CT molecular complexity index is 603. The number of carbonyl (C=O) groups excluding carboxylic acids is 1. The lowest BCUT2D eigenvalue weighted by Crippen LogP contribution is -2.52. The molecule has 0 aliphatic carbocycles. The van der Waals surface area contributed by atoms with Crippen LogP contribution in [0, 0.1) is 5.41 Å². The normalized spacial score (nSPS) is 18.9. The van der Waals surface area contributed by atoms with Gasteiger partial charge in [-0.2, -0.15) is 0 Å². The molecule has 1 N–H and O–H groups in total. The molecule has 1 aliphatic heterocycles. The van der Waals surface area contributed by atoms with Crippen LogP contribution in [0.5, 0.6) is 0 Å². The summed E-state index contributed by atoms with van der Waals surface area (Å²) in [4.78, 5) is 12.3. The molecule has 0 saturated carbocycles. The zero-order chi connectivity index (χ0) is 15.0. The van der Waals surface area contributed by atoms with Gasteiger partial charge in [0.25, 0.3) is 0 Å². The second-order valence-electron chi connectivity index (χ2n) is 5.59. The van der Waals surface area contributed by atoms with Gasteiger partial charge < -0.3 is 10.1 Å². The van der Waals surface area contributed by atoms with Crippen molar-refractivity contribution in [2.24, 2.45) is 5.41 Å². The van der Waals surface area contributed by atoms with E-state index in [9.17, 15) is 13.2 Å². The largest absolute Gasteiger partial charge is 0.379 e. The molecule has 0 unspecified atom stereocenters. The van der Waals surface area contributed by atoms with Crippen LogP contribution >= 0.6 is 0 Å². The van der Waals surface area contributed by atoms with Crippen molar-refractivity contribution in [2.75, 3.05) is 19.5 Å². The lowest BCUT2D eigenvalue weighted by atomic mass is 9.87. The van der Waals surface area contributed by atoms with E-state index < -0.39 is 15.3 Å². The molecule has 1 saturated heterocycles. The number of rotatable bonds is 4. The SMILES string of the molecule is C[C@H](NC(=O)C1(C)COC1)c1ccc(S(C)(=O)=O)cc1. The van der Waals surface area contributed by atoms with Crippen molar-refractivity contribution in [3.63, 3.8) is 0 Å². The summed E-state index contributed by atoms with van der Waals surface area (Å²) in [5, 5.41) is 2.93. The van der Waals surface area contributed by atoms with Crippen molar-refractivity contribution >= 4 is 15.7 Å². The molecule has 1 amide bonds. The number of amides is 1. The molecule has 1 aliphatic rings.